The Hall–Kier alpha value is -0.120. The average Bonchev–Trinajstić information content (AvgIpc) is 2.40. The highest BCUT2D eigenvalue weighted by Gasteiger charge is 2.26. The summed E-state index contributed by atoms with van der Waals surface area (Å²) in [4.78, 5) is 2.45. The molecule has 0 saturated carbocycles. The molecule has 108 valence electrons. The Morgan fingerprint density at radius 1 is 1.22 bits per heavy atom. The number of nitrogens with zero attached hydrogens (tertiary/aromatic N) is 1. The topological polar surface area (TPSA) is 35.5 Å². The molecule has 1 heterocycles. The Bertz CT molecular complexity index is 211. The van der Waals surface area contributed by atoms with Crippen molar-refractivity contribution in [1.29, 1.82) is 0 Å². The largest absolute Gasteiger partial charge is 0.389 e. The van der Waals surface area contributed by atoms with Crippen molar-refractivity contribution in [3.8, 4) is 0 Å². The van der Waals surface area contributed by atoms with Gasteiger partial charge in [0, 0.05) is 19.1 Å². The van der Waals surface area contributed by atoms with Crippen molar-refractivity contribution in [2.45, 2.75) is 70.9 Å². The van der Waals surface area contributed by atoms with E-state index in [1.807, 2.05) is 0 Å². The lowest BCUT2D eigenvalue weighted by molar-refractivity contribution is -0.00614. The zero-order valence-electron chi connectivity index (χ0n) is 12.5. The van der Waals surface area contributed by atoms with Crippen molar-refractivity contribution in [1.82, 2.24) is 10.2 Å². The lowest BCUT2D eigenvalue weighted by atomic mass is 9.96. The average molecular weight is 256 g/mol. The van der Waals surface area contributed by atoms with E-state index in [2.05, 4.69) is 31.0 Å². The zero-order valence-corrected chi connectivity index (χ0v) is 12.5. The van der Waals surface area contributed by atoms with Gasteiger partial charge >= 0.3 is 0 Å². The van der Waals surface area contributed by atoms with E-state index in [0.717, 1.165) is 45.4 Å². The van der Waals surface area contributed by atoms with Crippen molar-refractivity contribution in [2.75, 3.05) is 26.2 Å². The first-order chi connectivity index (χ1) is 8.63. The van der Waals surface area contributed by atoms with Gasteiger partial charge in [-0.3, -0.25) is 4.90 Å². The van der Waals surface area contributed by atoms with Crippen LogP contribution < -0.4 is 5.32 Å². The van der Waals surface area contributed by atoms with Gasteiger partial charge in [0.05, 0.1) is 5.60 Å². The van der Waals surface area contributed by atoms with Crippen molar-refractivity contribution < 1.29 is 5.11 Å². The second-order valence-electron chi connectivity index (χ2n) is 5.81. The maximum atomic E-state index is 10.5. The van der Waals surface area contributed by atoms with Crippen LogP contribution in [0.3, 0.4) is 0 Å². The molecule has 18 heavy (non-hydrogen) atoms. The Kier molecular flexibility index (Phi) is 7.20. The zero-order chi connectivity index (χ0) is 13.4. The monoisotopic (exact) mass is 256 g/mol. The maximum Gasteiger partial charge on any atom is 0.0768 e. The Balaban J connectivity index is 2.47. The van der Waals surface area contributed by atoms with Crippen molar-refractivity contribution in [3.05, 3.63) is 0 Å². The number of hydrogen-bond donors (Lipinski definition) is 2. The van der Waals surface area contributed by atoms with Crippen molar-refractivity contribution in [2.24, 2.45) is 0 Å². The number of nitrogens with one attached hydrogen (secondary N) is 1. The highest BCUT2D eigenvalue weighted by molar-refractivity contribution is 4.83. The quantitative estimate of drug-likeness (QED) is 0.700. The third-order valence-electron chi connectivity index (χ3n) is 4.26. The first-order valence-corrected chi connectivity index (χ1v) is 7.81. The molecule has 0 radical (unpaired) electrons. The van der Waals surface area contributed by atoms with Gasteiger partial charge < -0.3 is 10.4 Å². The standard InChI is InChI=1S/C15H32N2O/c1-4-11-17(13-15(18,5-2)6-3)12-14-9-7-8-10-16-14/h14,16,18H,4-13H2,1-3H3. The summed E-state index contributed by atoms with van der Waals surface area (Å²) in [5.74, 6) is 0. The highest BCUT2D eigenvalue weighted by Crippen LogP contribution is 2.18. The van der Waals surface area contributed by atoms with Gasteiger partial charge in [0.1, 0.15) is 0 Å². The van der Waals surface area contributed by atoms with Crippen molar-refractivity contribution >= 4 is 0 Å². The third-order valence-corrected chi connectivity index (χ3v) is 4.26. The van der Waals surface area contributed by atoms with Gasteiger partial charge in [-0.05, 0) is 45.2 Å². The van der Waals surface area contributed by atoms with Crippen LogP contribution >= 0.6 is 0 Å². The fourth-order valence-corrected chi connectivity index (χ4v) is 2.83. The van der Waals surface area contributed by atoms with Crippen LogP contribution in [0.1, 0.15) is 59.3 Å². The molecule has 1 atom stereocenters. The van der Waals surface area contributed by atoms with Gasteiger partial charge in [0.15, 0.2) is 0 Å². The molecule has 1 saturated heterocycles. The fourth-order valence-electron chi connectivity index (χ4n) is 2.83. The Morgan fingerprint density at radius 3 is 2.44 bits per heavy atom. The van der Waals surface area contributed by atoms with E-state index in [-0.39, 0.29) is 0 Å². The summed E-state index contributed by atoms with van der Waals surface area (Å²) in [5, 5.41) is 14.1. The van der Waals surface area contributed by atoms with Crippen LogP contribution in [0.2, 0.25) is 0 Å². The molecular weight excluding hydrogens is 224 g/mol. The maximum absolute atomic E-state index is 10.5. The van der Waals surface area contributed by atoms with Gasteiger partial charge in [-0.25, -0.2) is 0 Å². The summed E-state index contributed by atoms with van der Waals surface area (Å²) in [5.41, 5.74) is -0.496. The molecule has 0 aromatic rings. The number of rotatable bonds is 8. The Labute approximate surface area is 113 Å². The van der Waals surface area contributed by atoms with Crippen molar-refractivity contribution in [3.63, 3.8) is 0 Å². The van der Waals surface area contributed by atoms with Crippen LogP contribution in [0.15, 0.2) is 0 Å². The number of hydrogen-bond acceptors (Lipinski definition) is 3. The van der Waals surface area contributed by atoms with E-state index in [4.69, 9.17) is 0 Å². The van der Waals surface area contributed by atoms with E-state index >= 15 is 0 Å². The summed E-state index contributed by atoms with van der Waals surface area (Å²) in [6.45, 7) is 10.6. The normalized spacial score (nSPS) is 21.5. The predicted octanol–water partition coefficient (Wildman–Crippen LogP) is 2.39. The van der Waals surface area contributed by atoms with Gasteiger partial charge in [0.25, 0.3) is 0 Å². The first kappa shape index (κ1) is 15.9. The predicted molar refractivity (Wildman–Crippen MR) is 77.9 cm³/mol. The molecule has 2 N–H and O–H groups in total. The molecule has 1 aliphatic rings. The van der Waals surface area contributed by atoms with Gasteiger partial charge in [-0.1, -0.05) is 27.2 Å². The lowest BCUT2D eigenvalue weighted by Gasteiger charge is -2.36. The van der Waals surface area contributed by atoms with Crippen LogP contribution in [0.4, 0.5) is 0 Å². The van der Waals surface area contributed by atoms with E-state index in [0.29, 0.717) is 6.04 Å². The minimum Gasteiger partial charge on any atom is -0.389 e. The molecule has 1 unspecified atom stereocenters. The summed E-state index contributed by atoms with van der Waals surface area (Å²) in [7, 11) is 0. The van der Waals surface area contributed by atoms with E-state index < -0.39 is 5.60 Å². The molecule has 0 bridgehead atoms. The summed E-state index contributed by atoms with van der Waals surface area (Å²) >= 11 is 0. The number of aliphatic hydroxyl groups is 1. The SMILES string of the molecule is CCCN(CC1CCCCN1)CC(O)(CC)CC. The Morgan fingerprint density at radius 2 is 1.94 bits per heavy atom. The molecular formula is C15H32N2O. The van der Waals surface area contributed by atoms with Crippen LogP contribution in [0.5, 0.6) is 0 Å². The van der Waals surface area contributed by atoms with Crippen LogP contribution in [0.25, 0.3) is 0 Å². The summed E-state index contributed by atoms with van der Waals surface area (Å²) in [6, 6.07) is 0.628. The fraction of sp³-hybridized carbons (Fsp3) is 1.00. The molecule has 0 aromatic heterocycles. The van der Waals surface area contributed by atoms with E-state index in [1.54, 1.807) is 0 Å². The molecule has 1 rings (SSSR count). The molecule has 0 aliphatic carbocycles. The highest BCUT2D eigenvalue weighted by atomic mass is 16.3. The van der Waals surface area contributed by atoms with E-state index in [1.165, 1.54) is 19.3 Å². The smallest absolute Gasteiger partial charge is 0.0768 e. The van der Waals surface area contributed by atoms with Crippen LogP contribution in [-0.2, 0) is 0 Å². The molecule has 3 heteroatoms. The molecule has 1 fully saturated rings. The second-order valence-corrected chi connectivity index (χ2v) is 5.81. The van der Waals surface area contributed by atoms with E-state index in [9.17, 15) is 5.11 Å². The van der Waals surface area contributed by atoms with Gasteiger partial charge in [0.2, 0.25) is 0 Å². The molecule has 1 aliphatic heterocycles. The van der Waals surface area contributed by atoms with Crippen LogP contribution in [-0.4, -0.2) is 47.8 Å². The number of piperidine rings is 1. The third kappa shape index (κ3) is 5.25. The minimum atomic E-state index is -0.496. The summed E-state index contributed by atoms with van der Waals surface area (Å²) in [6.07, 6.45) is 6.82. The molecule has 0 spiro atoms. The first-order valence-electron chi connectivity index (χ1n) is 7.81. The van der Waals surface area contributed by atoms with Crippen LogP contribution in [0, 0.1) is 0 Å². The summed E-state index contributed by atoms with van der Waals surface area (Å²) < 4.78 is 0. The van der Waals surface area contributed by atoms with Gasteiger partial charge in [-0.15, -0.1) is 0 Å². The molecule has 0 aromatic carbocycles. The second kappa shape index (κ2) is 8.13. The minimum absolute atomic E-state index is 0.496. The lowest BCUT2D eigenvalue weighted by Crippen LogP contribution is -2.49. The molecule has 3 nitrogen and oxygen atoms in total. The van der Waals surface area contributed by atoms with Gasteiger partial charge in [-0.2, -0.15) is 0 Å². The molecule has 0 amide bonds.